The van der Waals surface area contributed by atoms with Crippen molar-refractivity contribution in [2.75, 3.05) is 0 Å². The SMILES string of the molecule is O=[C]=[Mn].[Fe]. The van der Waals surface area contributed by atoms with Crippen LogP contribution in [-0.2, 0) is 37.4 Å². The molecule has 0 aromatic rings. The Labute approximate surface area is 42.6 Å². The predicted molar refractivity (Wildman–Crippen MR) is 5.69 cm³/mol. The van der Waals surface area contributed by atoms with Crippen LogP contribution in [0.2, 0.25) is 0 Å². The third-order valence-electron chi connectivity index (χ3n) is 0. The number of rotatable bonds is 0. The number of carbonyl (C=O) groups excluding carboxylic acids is 1. The molecule has 0 saturated heterocycles. The zero-order chi connectivity index (χ0) is 2.71. The summed E-state index contributed by atoms with van der Waals surface area (Å²) in [5.41, 5.74) is 0. The average Bonchev–Trinajstić information content (AvgIpc) is 0.918. The Kier molecular flexibility index (Phi) is 20.9. The fourth-order valence-electron chi connectivity index (χ4n) is 0. The van der Waals surface area contributed by atoms with Crippen molar-refractivity contribution in [2.45, 2.75) is 0 Å². The quantitative estimate of drug-likeness (QED) is 0.417. The van der Waals surface area contributed by atoms with E-state index in [1.165, 1.54) is 4.79 Å². The zero-order valence-electron chi connectivity index (χ0n) is 1.64. The molecule has 1 nitrogen and oxygen atoms in total. The Morgan fingerprint density at radius 3 is 1.75 bits per heavy atom. The van der Waals surface area contributed by atoms with E-state index in [0.29, 0.717) is 0 Å². The minimum Gasteiger partial charge on any atom is 0 e. The second-order valence-corrected chi connectivity index (χ2v) is 0.318. The summed E-state index contributed by atoms with van der Waals surface area (Å²) in [5, 5.41) is 0. The second kappa shape index (κ2) is 9.47. The van der Waals surface area contributed by atoms with Crippen LogP contribution in [0.1, 0.15) is 0 Å². The summed E-state index contributed by atoms with van der Waals surface area (Å²) in [4.78, 5) is 9.91. The van der Waals surface area contributed by atoms with Gasteiger partial charge in [0.15, 0.2) is 0 Å². The van der Waals surface area contributed by atoms with Crippen LogP contribution < -0.4 is 0 Å². The van der Waals surface area contributed by atoms with Gasteiger partial charge in [0, 0.05) is 17.1 Å². The summed E-state index contributed by atoms with van der Waals surface area (Å²) in [6.45, 7) is 0. The Balaban J connectivity index is 0. The first kappa shape index (κ1) is 8.82. The van der Waals surface area contributed by atoms with Crippen molar-refractivity contribution in [1.29, 1.82) is 0 Å². The molecule has 0 N–H and O–H groups in total. The normalized spacial score (nSPS) is 2.00. The molecule has 0 aliphatic heterocycles. The molecule has 4 heavy (non-hydrogen) atoms. The molecule has 0 saturated carbocycles. The van der Waals surface area contributed by atoms with Gasteiger partial charge in [-0.2, -0.15) is 0 Å². The van der Waals surface area contributed by atoms with E-state index in [0.717, 1.165) is 0 Å². The van der Waals surface area contributed by atoms with Crippen molar-refractivity contribution in [3.63, 3.8) is 0 Å². The van der Waals surface area contributed by atoms with Crippen molar-refractivity contribution in [3.05, 3.63) is 0 Å². The molecule has 0 radical (unpaired) electrons. The van der Waals surface area contributed by atoms with Crippen LogP contribution in [0.25, 0.3) is 0 Å². The van der Waals surface area contributed by atoms with Gasteiger partial charge in [-0.15, -0.1) is 0 Å². The number of hydrogen-bond donors (Lipinski definition) is 0. The Morgan fingerprint density at radius 2 is 1.75 bits per heavy atom. The van der Waals surface area contributed by atoms with Crippen molar-refractivity contribution in [3.8, 4) is 0 Å². The third kappa shape index (κ3) is 17.9. The van der Waals surface area contributed by atoms with Gasteiger partial charge in [0.1, 0.15) is 0 Å². The molecule has 0 rings (SSSR count). The van der Waals surface area contributed by atoms with Gasteiger partial charge < -0.3 is 0 Å². The van der Waals surface area contributed by atoms with Gasteiger partial charge in [0.05, 0.1) is 0 Å². The molecule has 0 spiro atoms. The molecule has 0 fully saturated rings. The summed E-state index contributed by atoms with van der Waals surface area (Å²) >= 11 is 2.34. The Bertz CT molecular complexity index is 29.0. The molecule has 0 unspecified atom stereocenters. The molecule has 0 bridgehead atoms. The first-order valence-electron chi connectivity index (χ1n) is 0.393. The van der Waals surface area contributed by atoms with E-state index in [4.69, 9.17) is 4.79 Å². The van der Waals surface area contributed by atoms with Crippen molar-refractivity contribution >= 4 is 4.79 Å². The van der Waals surface area contributed by atoms with Crippen molar-refractivity contribution in [2.24, 2.45) is 0 Å². The van der Waals surface area contributed by atoms with Crippen LogP contribution in [0, 0.1) is 0 Å². The zero-order valence-corrected chi connectivity index (χ0v) is 3.92. The summed E-state index contributed by atoms with van der Waals surface area (Å²) < 4.78 is 0. The van der Waals surface area contributed by atoms with E-state index < -0.39 is 0 Å². The fourth-order valence-corrected chi connectivity index (χ4v) is 0. The fraction of sp³-hybridized carbons (Fsp3) is 0. The van der Waals surface area contributed by atoms with Gasteiger partial charge in [-0.1, -0.05) is 0 Å². The minimum atomic E-state index is 0. The maximum Gasteiger partial charge on any atom is 0 e. The van der Waals surface area contributed by atoms with E-state index in [-0.39, 0.29) is 17.1 Å². The van der Waals surface area contributed by atoms with E-state index in [1.807, 2.05) is 0 Å². The Hall–Kier alpha value is 0.619. The molecule has 0 atom stereocenters. The first-order chi connectivity index (χ1) is 1.41. The van der Waals surface area contributed by atoms with Gasteiger partial charge in [-0.25, -0.2) is 0 Å². The second-order valence-electron chi connectivity index (χ2n) is 0.0772. The van der Waals surface area contributed by atoms with Crippen molar-refractivity contribution < 1.29 is 37.4 Å². The van der Waals surface area contributed by atoms with Gasteiger partial charge >= 0.3 is 25.2 Å². The summed E-state index contributed by atoms with van der Waals surface area (Å²) in [5.74, 6) is 0. The van der Waals surface area contributed by atoms with Crippen molar-refractivity contribution in [1.82, 2.24) is 0 Å². The third-order valence-corrected chi connectivity index (χ3v) is 0. The van der Waals surface area contributed by atoms with E-state index >= 15 is 0 Å². The molecule has 0 aromatic carbocycles. The molecule has 0 aliphatic rings. The van der Waals surface area contributed by atoms with Crippen LogP contribution in [0.3, 0.4) is 0 Å². The van der Waals surface area contributed by atoms with Crippen LogP contribution in [0.15, 0.2) is 0 Å². The molecule has 0 aliphatic carbocycles. The standard InChI is InChI=1S/CO.Fe.Mn/c1-2;;. The largest absolute Gasteiger partial charge is 0 e. The van der Waals surface area contributed by atoms with Crippen LogP contribution >= 0.6 is 0 Å². The van der Waals surface area contributed by atoms with Crippen LogP contribution in [0.4, 0.5) is 0 Å². The van der Waals surface area contributed by atoms with E-state index in [9.17, 15) is 0 Å². The summed E-state index contributed by atoms with van der Waals surface area (Å²) in [6.07, 6.45) is 0. The molecule has 0 heterocycles. The van der Waals surface area contributed by atoms with Crippen LogP contribution in [-0.4, -0.2) is 4.79 Å². The predicted octanol–water partition coefficient (Wildman–Crippen LogP) is -0.402. The average molecular weight is 139 g/mol. The van der Waals surface area contributed by atoms with Gasteiger partial charge in [-0.05, 0) is 0 Å². The maximum atomic E-state index is 8.60. The molecule has 0 aromatic heterocycles. The molecule has 25 valence electrons. The Morgan fingerprint density at radius 1 is 1.75 bits per heavy atom. The van der Waals surface area contributed by atoms with E-state index in [1.54, 1.807) is 0 Å². The first-order valence-corrected chi connectivity index (χ1v) is 0.983. The van der Waals surface area contributed by atoms with Gasteiger partial charge in [-0.3, -0.25) is 0 Å². The monoisotopic (exact) mass is 139 g/mol. The smallest absolute Gasteiger partial charge is 0 e. The summed E-state index contributed by atoms with van der Waals surface area (Å²) in [6, 6.07) is 0. The van der Waals surface area contributed by atoms with Gasteiger partial charge in [0.2, 0.25) is 0 Å². The molecule has 3 heteroatoms. The van der Waals surface area contributed by atoms with Gasteiger partial charge in [0.25, 0.3) is 0 Å². The molecule has 0 amide bonds. The van der Waals surface area contributed by atoms with E-state index in [2.05, 4.69) is 15.6 Å². The summed E-state index contributed by atoms with van der Waals surface area (Å²) in [7, 11) is 0. The topological polar surface area (TPSA) is 17.1 Å². The minimum absolute atomic E-state index is 0. The number of hydrogen-bond acceptors (Lipinski definition) is 1. The maximum absolute atomic E-state index is 8.60. The van der Waals surface area contributed by atoms with Crippen LogP contribution in [0.5, 0.6) is 0 Å². The molecular formula is CFeMnO. The molecular weight excluding hydrogens is 139 g/mol.